The number of rotatable bonds is 16. The third-order valence-electron chi connectivity index (χ3n) is 11.4. The Morgan fingerprint density at radius 2 is 0.531 bits per heavy atom. The molecule has 10 aromatic rings. The largest absolute Gasteiger partial charge is 0.489 e. The summed E-state index contributed by atoms with van der Waals surface area (Å²) >= 11 is 0. The first-order valence-corrected chi connectivity index (χ1v) is 21.7. The van der Waals surface area contributed by atoms with Gasteiger partial charge in [0.15, 0.2) is 23.0 Å². The first-order chi connectivity index (χ1) is 31.7. The van der Waals surface area contributed by atoms with E-state index in [0.717, 1.165) is 65.9 Å². The molecular formula is C59H46O5. The minimum Gasteiger partial charge on any atom is -0.489 e. The van der Waals surface area contributed by atoms with Gasteiger partial charge in [-0.05, 0) is 114 Å². The zero-order valence-electron chi connectivity index (χ0n) is 35.4. The van der Waals surface area contributed by atoms with Gasteiger partial charge in [-0.2, -0.15) is 0 Å². The lowest BCUT2D eigenvalue weighted by Crippen LogP contribution is -2.02. The number of benzene rings is 10. The molecule has 10 rings (SSSR count). The van der Waals surface area contributed by atoms with Crippen LogP contribution in [0.5, 0.6) is 34.5 Å². The van der Waals surface area contributed by atoms with E-state index in [2.05, 4.69) is 115 Å². The Morgan fingerprint density at radius 1 is 0.250 bits per heavy atom. The highest BCUT2D eigenvalue weighted by atomic mass is 16.5. The highest BCUT2D eigenvalue weighted by Gasteiger charge is 2.21. The molecule has 0 saturated heterocycles. The van der Waals surface area contributed by atoms with Crippen molar-refractivity contribution in [3.63, 3.8) is 0 Å². The van der Waals surface area contributed by atoms with Gasteiger partial charge in [-0.15, -0.1) is 0 Å². The summed E-state index contributed by atoms with van der Waals surface area (Å²) in [6.45, 7) is 1.56. The van der Waals surface area contributed by atoms with Crippen LogP contribution in [0, 0.1) is 0 Å². The average molecular weight is 835 g/mol. The van der Waals surface area contributed by atoms with Gasteiger partial charge in [0.25, 0.3) is 0 Å². The van der Waals surface area contributed by atoms with Gasteiger partial charge in [-0.3, -0.25) is 0 Å². The quantitative estimate of drug-likeness (QED) is 0.0908. The molecule has 0 saturated carbocycles. The monoisotopic (exact) mass is 834 g/mol. The van der Waals surface area contributed by atoms with Crippen molar-refractivity contribution < 1.29 is 23.7 Å². The molecule has 0 spiro atoms. The van der Waals surface area contributed by atoms with Crippen LogP contribution in [0.25, 0.3) is 32.3 Å². The molecule has 0 fully saturated rings. The molecular weight excluding hydrogens is 789 g/mol. The Labute approximate surface area is 373 Å². The summed E-state index contributed by atoms with van der Waals surface area (Å²) in [6.07, 6.45) is 0.685. The van der Waals surface area contributed by atoms with Crippen LogP contribution in [0.2, 0.25) is 0 Å². The third kappa shape index (κ3) is 9.25. The van der Waals surface area contributed by atoms with E-state index in [1.807, 2.05) is 103 Å². The molecule has 0 radical (unpaired) electrons. The first kappa shape index (κ1) is 40.1. The van der Waals surface area contributed by atoms with E-state index < -0.39 is 0 Å². The zero-order valence-corrected chi connectivity index (χ0v) is 35.4. The van der Waals surface area contributed by atoms with Crippen molar-refractivity contribution in [2.45, 2.75) is 32.8 Å². The summed E-state index contributed by atoms with van der Waals surface area (Å²) in [7, 11) is 0. The second kappa shape index (κ2) is 18.9. The lowest BCUT2D eigenvalue weighted by Gasteiger charge is -2.21. The van der Waals surface area contributed by atoms with Gasteiger partial charge >= 0.3 is 0 Å². The minimum absolute atomic E-state index is 0.374. The standard InChI is InChI=1S/C59H46O5/c1-7-19-42(20-8-1)31-47-32-49-50(33-55(47)60-38-43-21-9-2-10-22-43)52-34-56(61-39-44-23-11-3-12-24-44)57(62-40-45-25-13-4-14-26-45)35-53(52)54-37-59(64-48-29-17-6-18-30-48)58(36-51(49)54)63-41-46-27-15-5-16-28-46/h1-30,32-37H,31,38-41H2. The van der Waals surface area contributed by atoms with E-state index in [1.54, 1.807) is 0 Å². The third-order valence-corrected chi connectivity index (χ3v) is 11.4. The van der Waals surface area contributed by atoms with Crippen LogP contribution >= 0.6 is 0 Å². The summed E-state index contributed by atoms with van der Waals surface area (Å²) in [5, 5.41) is 6.06. The van der Waals surface area contributed by atoms with Crippen LogP contribution in [-0.2, 0) is 32.8 Å². The van der Waals surface area contributed by atoms with E-state index in [0.29, 0.717) is 61.6 Å². The molecule has 0 bridgehead atoms. The van der Waals surface area contributed by atoms with Gasteiger partial charge in [0.1, 0.15) is 37.9 Å². The molecule has 0 aromatic heterocycles. The van der Waals surface area contributed by atoms with Crippen molar-refractivity contribution >= 4 is 32.3 Å². The lowest BCUT2D eigenvalue weighted by molar-refractivity contribution is 0.256. The Kier molecular flexibility index (Phi) is 11.9. The van der Waals surface area contributed by atoms with Crippen LogP contribution in [-0.4, -0.2) is 0 Å². The van der Waals surface area contributed by atoms with Crippen molar-refractivity contribution in [1.82, 2.24) is 0 Å². The Morgan fingerprint density at radius 3 is 0.922 bits per heavy atom. The maximum Gasteiger partial charge on any atom is 0.169 e. The van der Waals surface area contributed by atoms with Crippen LogP contribution in [0.3, 0.4) is 0 Å². The number of fused-ring (bicyclic) bond motifs is 6. The Hall–Kier alpha value is -8.02. The number of para-hydroxylation sites is 1. The molecule has 64 heavy (non-hydrogen) atoms. The van der Waals surface area contributed by atoms with Gasteiger partial charge in [0.2, 0.25) is 0 Å². The average Bonchev–Trinajstić information content (AvgIpc) is 3.36. The fourth-order valence-electron chi connectivity index (χ4n) is 8.14. The smallest absolute Gasteiger partial charge is 0.169 e. The molecule has 10 aromatic carbocycles. The van der Waals surface area contributed by atoms with Gasteiger partial charge in [0.05, 0.1) is 0 Å². The highest BCUT2D eigenvalue weighted by Crippen LogP contribution is 2.47. The summed E-state index contributed by atoms with van der Waals surface area (Å²) in [4.78, 5) is 0. The molecule has 5 nitrogen and oxygen atoms in total. The van der Waals surface area contributed by atoms with E-state index in [-0.39, 0.29) is 0 Å². The summed E-state index contributed by atoms with van der Waals surface area (Å²) in [5.41, 5.74) is 6.55. The maximum absolute atomic E-state index is 6.81. The van der Waals surface area contributed by atoms with Gasteiger partial charge in [-0.25, -0.2) is 0 Å². The van der Waals surface area contributed by atoms with Crippen molar-refractivity contribution in [2.24, 2.45) is 0 Å². The van der Waals surface area contributed by atoms with E-state index >= 15 is 0 Å². The zero-order chi connectivity index (χ0) is 42.9. The van der Waals surface area contributed by atoms with E-state index in [1.165, 1.54) is 5.56 Å². The molecule has 0 atom stereocenters. The minimum atomic E-state index is 0.374. The number of hydrogen-bond acceptors (Lipinski definition) is 5. The van der Waals surface area contributed by atoms with Gasteiger partial charge in [0, 0.05) is 6.42 Å². The summed E-state index contributed by atoms with van der Waals surface area (Å²) < 4.78 is 33.7. The van der Waals surface area contributed by atoms with E-state index in [9.17, 15) is 0 Å². The van der Waals surface area contributed by atoms with Crippen molar-refractivity contribution in [1.29, 1.82) is 0 Å². The normalized spacial score (nSPS) is 11.1. The molecule has 0 heterocycles. The summed E-state index contributed by atoms with van der Waals surface area (Å²) in [5.74, 6) is 4.07. The summed E-state index contributed by atoms with van der Waals surface area (Å²) in [6, 6.07) is 74.4. The van der Waals surface area contributed by atoms with Crippen LogP contribution in [0.15, 0.2) is 218 Å². The molecule has 0 aliphatic rings. The Balaban J connectivity index is 1.21. The lowest BCUT2D eigenvalue weighted by atomic mass is 9.91. The molecule has 0 unspecified atom stereocenters. The Bertz CT molecular complexity index is 3050. The fourth-order valence-corrected chi connectivity index (χ4v) is 8.14. The van der Waals surface area contributed by atoms with Gasteiger partial charge in [-0.1, -0.05) is 170 Å². The molecule has 5 heteroatoms. The molecule has 0 amide bonds. The second-order valence-electron chi connectivity index (χ2n) is 15.9. The maximum atomic E-state index is 6.81. The highest BCUT2D eigenvalue weighted by molar-refractivity contribution is 6.26. The predicted octanol–water partition coefficient (Wildman–Crippen LogP) is 14.8. The molecule has 0 aliphatic carbocycles. The molecule has 0 aliphatic heterocycles. The topological polar surface area (TPSA) is 46.2 Å². The predicted molar refractivity (Wildman–Crippen MR) is 258 cm³/mol. The van der Waals surface area contributed by atoms with Crippen LogP contribution < -0.4 is 23.7 Å². The van der Waals surface area contributed by atoms with Gasteiger partial charge < -0.3 is 23.7 Å². The number of hydrogen-bond donors (Lipinski definition) is 0. The van der Waals surface area contributed by atoms with Crippen LogP contribution in [0.1, 0.15) is 33.4 Å². The van der Waals surface area contributed by atoms with Crippen molar-refractivity contribution in [3.8, 4) is 34.5 Å². The molecule has 0 N–H and O–H groups in total. The fraction of sp³-hybridized carbons (Fsp3) is 0.0847. The number of ether oxygens (including phenoxy) is 5. The van der Waals surface area contributed by atoms with Crippen molar-refractivity contribution in [2.75, 3.05) is 0 Å². The molecule has 312 valence electrons. The van der Waals surface area contributed by atoms with Crippen LogP contribution in [0.4, 0.5) is 0 Å². The first-order valence-electron chi connectivity index (χ1n) is 21.7. The van der Waals surface area contributed by atoms with E-state index in [4.69, 9.17) is 23.7 Å². The van der Waals surface area contributed by atoms with Crippen molar-refractivity contribution in [3.05, 3.63) is 252 Å². The second-order valence-corrected chi connectivity index (χ2v) is 15.9. The SMILES string of the molecule is c1ccc(COc2cc3c(cc2Cc2ccccc2)c2cc(OCc4ccccc4)c(Oc4ccccc4)cc2c2cc(OCc4ccccc4)c(OCc4ccccc4)cc32)cc1.